The van der Waals surface area contributed by atoms with Crippen LogP contribution in [-0.4, -0.2) is 41.6 Å². The van der Waals surface area contributed by atoms with E-state index in [0.717, 1.165) is 24.3 Å². The number of aliphatic hydroxyl groups is 1. The lowest BCUT2D eigenvalue weighted by atomic mass is 9.96. The lowest BCUT2D eigenvalue weighted by Gasteiger charge is -2.46. The van der Waals surface area contributed by atoms with E-state index in [1.165, 1.54) is 0 Å². The van der Waals surface area contributed by atoms with Gasteiger partial charge in [0.25, 0.3) is 0 Å². The Labute approximate surface area is 114 Å². The van der Waals surface area contributed by atoms with E-state index in [1.54, 1.807) is 11.8 Å². The first-order chi connectivity index (χ1) is 8.84. The smallest absolute Gasteiger partial charge is 0.247 e. The number of likely N-dealkylation sites (N-methyl/N-ethyl adjacent to an activating group) is 1. The molecule has 0 saturated carbocycles. The minimum absolute atomic E-state index is 0.137. The second-order valence-electron chi connectivity index (χ2n) is 5.70. The molecule has 1 saturated heterocycles. The highest BCUT2D eigenvalue weighted by atomic mass is 16.3. The van der Waals surface area contributed by atoms with Crippen LogP contribution in [0.1, 0.15) is 32.4 Å². The number of amides is 1. The number of carbonyl (C=O) groups is 1. The first-order valence-corrected chi connectivity index (χ1v) is 6.65. The summed E-state index contributed by atoms with van der Waals surface area (Å²) in [6.07, 6.45) is -0.462. The molecule has 1 atom stereocenters. The van der Waals surface area contributed by atoms with Gasteiger partial charge in [0.1, 0.15) is 5.54 Å². The van der Waals surface area contributed by atoms with Gasteiger partial charge in [-0.1, -0.05) is 12.1 Å². The maximum Gasteiger partial charge on any atom is 0.247 e. The fourth-order valence-electron chi connectivity index (χ4n) is 2.60. The highest BCUT2D eigenvalue weighted by molar-refractivity contribution is 5.90. The first kappa shape index (κ1) is 13.9. The molecule has 1 aromatic rings. The van der Waals surface area contributed by atoms with E-state index >= 15 is 0 Å². The molecule has 1 fully saturated rings. The molecular formula is C15H22N2O2. The summed E-state index contributed by atoms with van der Waals surface area (Å²) in [5.74, 6) is 0.137. The minimum Gasteiger partial charge on any atom is -0.389 e. The molecule has 0 aliphatic carbocycles. The molecule has 1 aliphatic rings. The summed E-state index contributed by atoms with van der Waals surface area (Å²) < 4.78 is 0. The number of carbonyl (C=O) groups excluding carboxylic acids is 1. The highest BCUT2D eigenvalue weighted by Gasteiger charge is 2.40. The Hall–Kier alpha value is -1.55. The van der Waals surface area contributed by atoms with Gasteiger partial charge in [-0.2, -0.15) is 0 Å². The molecule has 1 amide bonds. The molecule has 104 valence electrons. The Morgan fingerprint density at radius 1 is 1.21 bits per heavy atom. The molecule has 1 unspecified atom stereocenters. The van der Waals surface area contributed by atoms with Gasteiger partial charge in [-0.05, 0) is 38.5 Å². The zero-order chi connectivity index (χ0) is 14.2. The van der Waals surface area contributed by atoms with E-state index < -0.39 is 11.6 Å². The van der Waals surface area contributed by atoms with Crippen LogP contribution < -0.4 is 4.90 Å². The quantitative estimate of drug-likeness (QED) is 0.884. The monoisotopic (exact) mass is 262 g/mol. The van der Waals surface area contributed by atoms with Crippen molar-refractivity contribution in [3.8, 4) is 0 Å². The predicted octanol–water partition coefficient (Wildman–Crippen LogP) is 1.80. The third-order valence-corrected chi connectivity index (χ3v) is 3.89. The van der Waals surface area contributed by atoms with Crippen LogP contribution >= 0.6 is 0 Å². The maximum atomic E-state index is 12.3. The lowest BCUT2D eigenvalue weighted by molar-refractivity contribution is -0.136. The Morgan fingerprint density at radius 3 is 2.32 bits per heavy atom. The van der Waals surface area contributed by atoms with Gasteiger partial charge in [-0.25, -0.2) is 0 Å². The number of hydrogen-bond donors (Lipinski definition) is 1. The highest BCUT2D eigenvalue weighted by Crippen LogP contribution is 2.29. The standard InChI is InChI=1S/C15H22N2O2/c1-11(18)12-5-7-13(8-6-12)17-10-9-16(4)14(19)15(17,2)3/h5-8,11,18H,9-10H2,1-4H3. The van der Waals surface area contributed by atoms with Crippen LogP contribution in [0.3, 0.4) is 0 Å². The molecule has 1 N–H and O–H groups in total. The van der Waals surface area contributed by atoms with Gasteiger partial charge >= 0.3 is 0 Å². The molecule has 1 aliphatic heterocycles. The second kappa shape index (κ2) is 4.85. The Balaban J connectivity index is 2.28. The van der Waals surface area contributed by atoms with E-state index in [0.29, 0.717) is 0 Å². The third kappa shape index (κ3) is 2.45. The van der Waals surface area contributed by atoms with Gasteiger partial charge in [0.15, 0.2) is 0 Å². The number of piperazine rings is 1. The number of anilines is 1. The summed E-state index contributed by atoms with van der Waals surface area (Å²) in [7, 11) is 1.85. The minimum atomic E-state index is -0.528. The van der Waals surface area contributed by atoms with Crippen LogP contribution in [0, 0.1) is 0 Å². The van der Waals surface area contributed by atoms with E-state index in [9.17, 15) is 9.90 Å². The summed E-state index contributed by atoms with van der Waals surface area (Å²) in [6, 6.07) is 7.78. The Morgan fingerprint density at radius 2 is 1.79 bits per heavy atom. The molecule has 0 spiro atoms. The second-order valence-corrected chi connectivity index (χ2v) is 5.70. The molecule has 4 nitrogen and oxygen atoms in total. The molecule has 4 heteroatoms. The molecular weight excluding hydrogens is 240 g/mol. The number of benzene rings is 1. The summed E-state index contributed by atoms with van der Waals surface area (Å²) >= 11 is 0. The average Bonchev–Trinajstić information content (AvgIpc) is 2.36. The van der Waals surface area contributed by atoms with Crippen LogP contribution in [0.5, 0.6) is 0 Å². The van der Waals surface area contributed by atoms with Gasteiger partial charge in [0, 0.05) is 25.8 Å². The SMILES string of the molecule is CC(O)c1ccc(N2CCN(C)C(=O)C2(C)C)cc1. The van der Waals surface area contributed by atoms with Crippen LogP contribution in [0.15, 0.2) is 24.3 Å². The van der Waals surface area contributed by atoms with Crippen LogP contribution in [0.2, 0.25) is 0 Å². The van der Waals surface area contributed by atoms with Crippen molar-refractivity contribution in [1.82, 2.24) is 4.90 Å². The molecule has 1 aromatic carbocycles. The number of rotatable bonds is 2. The fourth-order valence-corrected chi connectivity index (χ4v) is 2.60. The van der Waals surface area contributed by atoms with Crippen molar-refractivity contribution in [3.63, 3.8) is 0 Å². The zero-order valence-electron chi connectivity index (χ0n) is 12.1. The van der Waals surface area contributed by atoms with Crippen molar-refractivity contribution in [1.29, 1.82) is 0 Å². The lowest BCUT2D eigenvalue weighted by Crippen LogP contribution is -2.62. The number of nitrogens with zero attached hydrogens (tertiary/aromatic N) is 2. The average molecular weight is 262 g/mol. The summed E-state index contributed by atoms with van der Waals surface area (Å²) in [6.45, 7) is 7.21. The fraction of sp³-hybridized carbons (Fsp3) is 0.533. The Kier molecular flexibility index (Phi) is 3.54. The number of aliphatic hydroxyl groups excluding tert-OH is 1. The van der Waals surface area contributed by atoms with Gasteiger partial charge < -0.3 is 14.9 Å². The topological polar surface area (TPSA) is 43.8 Å². The van der Waals surface area contributed by atoms with Crippen molar-refractivity contribution >= 4 is 11.6 Å². The summed E-state index contributed by atoms with van der Waals surface area (Å²) in [5.41, 5.74) is 1.39. The summed E-state index contributed by atoms with van der Waals surface area (Å²) in [4.78, 5) is 16.2. The largest absolute Gasteiger partial charge is 0.389 e. The number of hydrogen-bond acceptors (Lipinski definition) is 3. The van der Waals surface area contributed by atoms with Crippen molar-refractivity contribution in [3.05, 3.63) is 29.8 Å². The molecule has 19 heavy (non-hydrogen) atoms. The third-order valence-electron chi connectivity index (χ3n) is 3.89. The predicted molar refractivity (Wildman–Crippen MR) is 76.1 cm³/mol. The molecule has 0 radical (unpaired) electrons. The van der Waals surface area contributed by atoms with Crippen LogP contribution in [-0.2, 0) is 4.79 Å². The Bertz CT molecular complexity index is 466. The van der Waals surface area contributed by atoms with Crippen LogP contribution in [0.25, 0.3) is 0 Å². The normalized spacial score (nSPS) is 20.6. The van der Waals surface area contributed by atoms with Gasteiger partial charge in [-0.3, -0.25) is 4.79 Å². The molecule has 1 heterocycles. The van der Waals surface area contributed by atoms with Gasteiger partial charge in [0.05, 0.1) is 6.10 Å². The summed E-state index contributed by atoms with van der Waals surface area (Å²) in [5, 5.41) is 9.53. The first-order valence-electron chi connectivity index (χ1n) is 6.65. The van der Waals surface area contributed by atoms with Crippen LogP contribution in [0.4, 0.5) is 5.69 Å². The van der Waals surface area contributed by atoms with E-state index in [2.05, 4.69) is 4.90 Å². The molecule has 2 rings (SSSR count). The van der Waals surface area contributed by atoms with Crippen molar-refractivity contribution in [2.24, 2.45) is 0 Å². The molecule has 0 bridgehead atoms. The van der Waals surface area contributed by atoms with E-state index in [4.69, 9.17) is 0 Å². The van der Waals surface area contributed by atoms with Gasteiger partial charge in [0.2, 0.25) is 5.91 Å². The van der Waals surface area contributed by atoms with E-state index in [1.807, 2.05) is 45.2 Å². The van der Waals surface area contributed by atoms with Crippen molar-refractivity contribution < 1.29 is 9.90 Å². The maximum absolute atomic E-state index is 12.3. The van der Waals surface area contributed by atoms with Gasteiger partial charge in [-0.15, -0.1) is 0 Å². The van der Waals surface area contributed by atoms with Crippen molar-refractivity contribution in [2.75, 3.05) is 25.0 Å². The molecule has 0 aromatic heterocycles. The van der Waals surface area contributed by atoms with E-state index in [-0.39, 0.29) is 5.91 Å². The zero-order valence-corrected chi connectivity index (χ0v) is 12.1. The van der Waals surface area contributed by atoms with Crippen molar-refractivity contribution in [2.45, 2.75) is 32.4 Å².